The molecule has 0 radical (unpaired) electrons. The Morgan fingerprint density at radius 1 is 1.06 bits per heavy atom. The van der Waals surface area contributed by atoms with Crippen LogP contribution >= 0.6 is 0 Å². The number of fused-ring (bicyclic) bond motifs is 1. The maximum Gasteiger partial charge on any atom is 0.141 e. The number of benzene rings is 1. The van der Waals surface area contributed by atoms with Gasteiger partial charge in [0.05, 0.1) is 11.6 Å². The predicted octanol–water partition coefficient (Wildman–Crippen LogP) is 4.39. The van der Waals surface area contributed by atoms with Gasteiger partial charge in [0.15, 0.2) is 0 Å². The molecule has 0 unspecified atom stereocenters. The predicted molar refractivity (Wildman–Crippen MR) is 66.1 cm³/mol. The minimum atomic E-state index is 0.316. The molecule has 2 nitrogen and oxygen atoms in total. The van der Waals surface area contributed by atoms with Crippen molar-refractivity contribution in [2.45, 2.75) is 39.5 Å². The molecule has 0 amide bonds. The number of furan rings is 1. The number of aromatic hydroxyl groups is 1. The highest BCUT2D eigenvalue weighted by atomic mass is 16.3. The first-order valence-corrected chi connectivity index (χ1v) is 5.75. The number of rotatable bonds is 2. The van der Waals surface area contributed by atoms with Crippen LogP contribution in [0.15, 0.2) is 22.8 Å². The van der Waals surface area contributed by atoms with Crippen molar-refractivity contribution in [3.8, 4) is 5.75 Å². The van der Waals surface area contributed by atoms with Crippen molar-refractivity contribution in [3.05, 3.63) is 29.5 Å². The molecule has 0 aliphatic heterocycles. The topological polar surface area (TPSA) is 33.4 Å². The Morgan fingerprint density at radius 2 is 1.69 bits per heavy atom. The lowest BCUT2D eigenvalue weighted by Crippen LogP contribution is -1.95. The number of hydrogen-bond acceptors (Lipinski definition) is 2. The van der Waals surface area contributed by atoms with Crippen LogP contribution in [-0.4, -0.2) is 5.11 Å². The Bertz CT molecular complexity index is 507. The van der Waals surface area contributed by atoms with Crippen LogP contribution in [0.3, 0.4) is 0 Å². The third-order valence-electron chi connectivity index (χ3n) is 3.01. The summed E-state index contributed by atoms with van der Waals surface area (Å²) in [5.74, 6) is 1.08. The molecule has 1 aromatic heterocycles. The van der Waals surface area contributed by atoms with Gasteiger partial charge in [-0.15, -0.1) is 0 Å². The van der Waals surface area contributed by atoms with Crippen molar-refractivity contribution in [1.82, 2.24) is 0 Å². The van der Waals surface area contributed by atoms with E-state index in [1.807, 2.05) is 6.07 Å². The summed E-state index contributed by atoms with van der Waals surface area (Å²) in [6.45, 7) is 8.45. The molecule has 0 aliphatic rings. The van der Waals surface area contributed by atoms with Crippen LogP contribution in [0.25, 0.3) is 11.0 Å². The summed E-state index contributed by atoms with van der Waals surface area (Å²) in [5.41, 5.74) is 2.98. The quantitative estimate of drug-likeness (QED) is 0.811. The molecule has 2 heteroatoms. The van der Waals surface area contributed by atoms with E-state index < -0.39 is 0 Å². The van der Waals surface area contributed by atoms with Crippen LogP contribution in [0, 0.1) is 0 Å². The zero-order valence-electron chi connectivity index (χ0n) is 10.2. The Balaban J connectivity index is 2.80. The van der Waals surface area contributed by atoms with Crippen LogP contribution in [0.2, 0.25) is 0 Å². The van der Waals surface area contributed by atoms with Gasteiger partial charge in [0, 0.05) is 0 Å². The van der Waals surface area contributed by atoms with Gasteiger partial charge in [0.2, 0.25) is 0 Å². The summed E-state index contributed by atoms with van der Waals surface area (Å²) in [7, 11) is 0. The third-order valence-corrected chi connectivity index (χ3v) is 3.01. The van der Waals surface area contributed by atoms with Crippen molar-refractivity contribution in [1.29, 1.82) is 0 Å². The summed E-state index contributed by atoms with van der Waals surface area (Å²) in [4.78, 5) is 0. The van der Waals surface area contributed by atoms with Crippen LogP contribution in [0.4, 0.5) is 0 Å². The van der Waals surface area contributed by atoms with Gasteiger partial charge in [-0.3, -0.25) is 0 Å². The largest absolute Gasteiger partial charge is 0.507 e. The molecule has 2 rings (SSSR count). The number of phenolic OH excluding ortho intramolecular Hbond substituents is 1. The zero-order valence-corrected chi connectivity index (χ0v) is 10.2. The van der Waals surface area contributed by atoms with Gasteiger partial charge in [0.1, 0.15) is 11.3 Å². The monoisotopic (exact) mass is 218 g/mol. The molecule has 1 N–H and O–H groups in total. The van der Waals surface area contributed by atoms with Crippen molar-refractivity contribution < 1.29 is 9.52 Å². The minimum Gasteiger partial charge on any atom is -0.507 e. The van der Waals surface area contributed by atoms with E-state index in [1.165, 1.54) is 5.56 Å². The summed E-state index contributed by atoms with van der Waals surface area (Å²) in [5, 5.41) is 11.0. The highest BCUT2D eigenvalue weighted by Crippen LogP contribution is 2.38. The summed E-state index contributed by atoms with van der Waals surface area (Å²) >= 11 is 0. The molecule has 0 saturated heterocycles. The SMILES string of the molecule is CC(C)c1cc(C(C)C)c2occc2c1O. The van der Waals surface area contributed by atoms with E-state index in [2.05, 4.69) is 33.8 Å². The molecule has 1 aromatic carbocycles. The van der Waals surface area contributed by atoms with E-state index in [-0.39, 0.29) is 0 Å². The molecule has 0 spiro atoms. The summed E-state index contributed by atoms with van der Waals surface area (Å²) < 4.78 is 5.47. The van der Waals surface area contributed by atoms with Gasteiger partial charge in [-0.25, -0.2) is 0 Å². The highest BCUT2D eigenvalue weighted by Gasteiger charge is 2.17. The Labute approximate surface area is 95.9 Å². The normalized spacial score (nSPS) is 11.9. The van der Waals surface area contributed by atoms with Crippen molar-refractivity contribution >= 4 is 11.0 Å². The molecule has 1 heterocycles. The fourth-order valence-corrected chi connectivity index (χ4v) is 2.05. The first kappa shape index (κ1) is 11.1. The van der Waals surface area contributed by atoms with E-state index in [4.69, 9.17) is 4.42 Å². The maximum atomic E-state index is 10.2. The molecule has 0 fully saturated rings. The lowest BCUT2D eigenvalue weighted by molar-refractivity contribution is 0.470. The Morgan fingerprint density at radius 3 is 2.25 bits per heavy atom. The number of phenols is 1. The molecule has 0 saturated carbocycles. The van der Waals surface area contributed by atoms with Gasteiger partial charge in [-0.1, -0.05) is 27.7 Å². The van der Waals surface area contributed by atoms with E-state index in [9.17, 15) is 5.11 Å². The molecule has 16 heavy (non-hydrogen) atoms. The summed E-state index contributed by atoms with van der Waals surface area (Å²) in [6, 6.07) is 3.90. The summed E-state index contributed by atoms with van der Waals surface area (Å²) in [6.07, 6.45) is 1.64. The Kier molecular flexibility index (Phi) is 2.66. The van der Waals surface area contributed by atoms with Crippen molar-refractivity contribution in [3.63, 3.8) is 0 Å². The van der Waals surface area contributed by atoms with Gasteiger partial charge in [-0.2, -0.15) is 0 Å². The van der Waals surface area contributed by atoms with E-state index in [0.717, 1.165) is 16.5 Å². The first-order chi connectivity index (χ1) is 7.52. The van der Waals surface area contributed by atoms with Gasteiger partial charge >= 0.3 is 0 Å². The van der Waals surface area contributed by atoms with Crippen molar-refractivity contribution in [2.75, 3.05) is 0 Å². The molecular formula is C14H18O2. The van der Waals surface area contributed by atoms with Gasteiger partial charge < -0.3 is 9.52 Å². The standard InChI is InChI=1S/C14H18O2/c1-8(2)11-7-12(9(3)4)14-10(13(11)15)5-6-16-14/h5-9,15H,1-4H3. The second-order valence-corrected chi connectivity index (χ2v) is 4.88. The van der Waals surface area contributed by atoms with Gasteiger partial charge in [-0.05, 0) is 35.1 Å². The molecular weight excluding hydrogens is 200 g/mol. The second kappa shape index (κ2) is 3.85. The zero-order chi connectivity index (χ0) is 11.9. The lowest BCUT2D eigenvalue weighted by Gasteiger charge is -2.14. The fourth-order valence-electron chi connectivity index (χ4n) is 2.05. The van der Waals surface area contributed by atoms with Crippen LogP contribution in [-0.2, 0) is 0 Å². The average molecular weight is 218 g/mol. The lowest BCUT2D eigenvalue weighted by atomic mass is 9.93. The van der Waals surface area contributed by atoms with E-state index in [0.29, 0.717) is 17.6 Å². The molecule has 0 atom stereocenters. The van der Waals surface area contributed by atoms with Crippen LogP contribution in [0.1, 0.15) is 50.7 Å². The number of hydrogen-bond donors (Lipinski definition) is 1. The third kappa shape index (κ3) is 1.58. The second-order valence-electron chi connectivity index (χ2n) is 4.88. The van der Waals surface area contributed by atoms with E-state index >= 15 is 0 Å². The van der Waals surface area contributed by atoms with E-state index in [1.54, 1.807) is 6.26 Å². The van der Waals surface area contributed by atoms with Crippen LogP contribution in [0.5, 0.6) is 5.75 Å². The van der Waals surface area contributed by atoms with Crippen LogP contribution < -0.4 is 0 Å². The Hall–Kier alpha value is -1.44. The first-order valence-electron chi connectivity index (χ1n) is 5.75. The highest BCUT2D eigenvalue weighted by molar-refractivity contribution is 5.88. The fraction of sp³-hybridized carbons (Fsp3) is 0.429. The maximum absolute atomic E-state index is 10.2. The molecule has 2 aromatic rings. The molecule has 0 aliphatic carbocycles. The smallest absolute Gasteiger partial charge is 0.141 e. The molecule has 86 valence electrons. The van der Waals surface area contributed by atoms with Gasteiger partial charge in [0.25, 0.3) is 0 Å². The van der Waals surface area contributed by atoms with Crippen molar-refractivity contribution in [2.24, 2.45) is 0 Å². The molecule has 0 bridgehead atoms. The average Bonchev–Trinajstić information content (AvgIpc) is 2.66. The minimum absolute atomic E-state index is 0.316.